The number of amides is 2. The number of nitrogens with zero attached hydrogens (tertiary/aromatic N) is 1. The molecular formula is C19H28N2O2. The molecule has 1 saturated carbocycles. The standard InChI is InChI=1S/C19H28N2O2/c1-21(13-17-8-11-23-14-17)18(22)20-15-19(9-5-10-19)12-16-6-3-2-4-7-16/h2-4,6-7,17H,5,8-15H2,1H3,(H,20,22)/t17-/m1/s1. The molecule has 0 spiro atoms. The SMILES string of the molecule is CN(C[C@H]1CCOC1)C(=O)NCC1(Cc2ccccc2)CCC1. The molecule has 23 heavy (non-hydrogen) atoms. The molecule has 1 aliphatic heterocycles. The van der Waals surface area contributed by atoms with Gasteiger partial charge in [-0.3, -0.25) is 0 Å². The van der Waals surface area contributed by atoms with Crippen LogP contribution in [0.5, 0.6) is 0 Å². The van der Waals surface area contributed by atoms with Gasteiger partial charge in [-0.05, 0) is 36.7 Å². The van der Waals surface area contributed by atoms with Crippen LogP contribution in [0.4, 0.5) is 4.79 Å². The van der Waals surface area contributed by atoms with Crippen molar-refractivity contribution in [3.63, 3.8) is 0 Å². The molecule has 1 aromatic carbocycles. The number of hydrogen-bond acceptors (Lipinski definition) is 2. The minimum absolute atomic E-state index is 0.0521. The highest BCUT2D eigenvalue weighted by Gasteiger charge is 2.37. The van der Waals surface area contributed by atoms with Crippen molar-refractivity contribution >= 4 is 6.03 Å². The van der Waals surface area contributed by atoms with Gasteiger partial charge < -0.3 is 15.0 Å². The molecule has 1 saturated heterocycles. The lowest BCUT2D eigenvalue weighted by Crippen LogP contribution is -2.48. The Bertz CT molecular complexity index is 507. The van der Waals surface area contributed by atoms with Gasteiger partial charge in [0.1, 0.15) is 0 Å². The Morgan fingerprint density at radius 3 is 2.74 bits per heavy atom. The van der Waals surface area contributed by atoms with Crippen LogP contribution >= 0.6 is 0 Å². The van der Waals surface area contributed by atoms with Gasteiger partial charge in [0, 0.05) is 32.7 Å². The van der Waals surface area contributed by atoms with Gasteiger partial charge in [0.05, 0.1) is 6.61 Å². The Labute approximate surface area is 139 Å². The van der Waals surface area contributed by atoms with Crippen molar-refractivity contribution in [3.05, 3.63) is 35.9 Å². The molecule has 2 aliphatic rings. The van der Waals surface area contributed by atoms with Crippen LogP contribution in [0.15, 0.2) is 30.3 Å². The number of benzene rings is 1. The summed E-state index contributed by atoms with van der Waals surface area (Å²) in [7, 11) is 1.89. The van der Waals surface area contributed by atoms with Gasteiger partial charge in [0.2, 0.25) is 0 Å². The Morgan fingerprint density at radius 2 is 2.13 bits per heavy atom. The monoisotopic (exact) mass is 316 g/mol. The molecule has 1 heterocycles. The lowest BCUT2D eigenvalue weighted by atomic mass is 9.65. The van der Waals surface area contributed by atoms with Crippen LogP contribution in [-0.2, 0) is 11.2 Å². The third-order valence-electron chi connectivity index (χ3n) is 5.35. The highest BCUT2D eigenvalue weighted by Crippen LogP contribution is 2.43. The van der Waals surface area contributed by atoms with E-state index in [4.69, 9.17) is 4.74 Å². The van der Waals surface area contributed by atoms with Gasteiger partial charge >= 0.3 is 6.03 Å². The molecule has 1 atom stereocenters. The zero-order chi connectivity index (χ0) is 16.1. The van der Waals surface area contributed by atoms with E-state index in [0.29, 0.717) is 5.92 Å². The fraction of sp³-hybridized carbons (Fsp3) is 0.632. The fourth-order valence-electron chi connectivity index (χ4n) is 3.72. The van der Waals surface area contributed by atoms with E-state index in [1.54, 1.807) is 0 Å². The molecule has 3 rings (SSSR count). The number of carbonyl (C=O) groups is 1. The van der Waals surface area contributed by atoms with Gasteiger partial charge in [0.25, 0.3) is 0 Å². The van der Waals surface area contributed by atoms with Crippen molar-refractivity contribution in [2.24, 2.45) is 11.3 Å². The number of nitrogens with one attached hydrogen (secondary N) is 1. The molecular weight excluding hydrogens is 288 g/mol. The molecule has 0 bridgehead atoms. The van der Waals surface area contributed by atoms with Crippen molar-refractivity contribution < 1.29 is 9.53 Å². The minimum Gasteiger partial charge on any atom is -0.381 e. The maximum atomic E-state index is 12.3. The van der Waals surface area contributed by atoms with Crippen molar-refractivity contribution in [1.29, 1.82) is 0 Å². The smallest absolute Gasteiger partial charge is 0.317 e. The van der Waals surface area contributed by atoms with Crippen LogP contribution < -0.4 is 5.32 Å². The minimum atomic E-state index is 0.0521. The van der Waals surface area contributed by atoms with Gasteiger partial charge in [-0.15, -0.1) is 0 Å². The van der Waals surface area contributed by atoms with Crippen LogP contribution in [0, 0.1) is 11.3 Å². The molecule has 2 amide bonds. The molecule has 1 N–H and O–H groups in total. The lowest BCUT2D eigenvalue weighted by Gasteiger charge is -2.42. The predicted molar refractivity (Wildman–Crippen MR) is 91.4 cm³/mol. The Hall–Kier alpha value is -1.55. The second-order valence-electron chi connectivity index (χ2n) is 7.28. The van der Waals surface area contributed by atoms with Gasteiger partial charge in [-0.25, -0.2) is 4.79 Å². The first-order chi connectivity index (χ1) is 11.2. The van der Waals surface area contributed by atoms with Crippen LogP contribution in [0.2, 0.25) is 0 Å². The quantitative estimate of drug-likeness (QED) is 0.876. The Balaban J connectivity index is 1.48. The number of hydrogen-bond donors (Lipinski definition) is 1. The number of ether oxygens (including phenoxy) is 1. The maximum absolute atomic E-state index is 12.3. The maximum Gasteiger partial charge on any atom is 0.317 e. The van der Waals surface area contributed by atoms with E-state index in [0.717, 1.165) is 39.1 Å². The first-order valence-electron chi connectivity index (χ1n) is 8.78. The summed E-state index contributed by atoms with van der Waals surface area (Å²) in [5, 5.41) is 3.17. The highest BCUT2D eigenvalue weighted by molar-refractivity contribution is 5.73. The Morgan fingerprint density at radius 1 is 1.35 bits per heavy atom. The summed E-state index contributed by atoms with van der Waals surface area (Å²) in [5.41, 5.74) is 1.63. The van der Waals surface area contributed by atoms with Gasteiger partial charge in [0.15, 0.2) is 0 Å². The second-order valence-corrected chi connectivity index (χ2v) is 7.28. The predicted octanol–water partition coefficient (Wildman–Crippen LogP) is 3.08. The van der Waals surface area contributed by atoms with E-state index in [-0.39, 0.29) is 11.4 Å². The average molecular weight is 316 g/mol. The zero-order valence-electron chi connectivity index (χ0n) is 14.1. The van der Waals surface area contributed by atoms with Crippen LogP contribution in [0.25, 0.3) is 0 Å². The van der Waals surface area contributed by atoms with E-state index in [1.807, 2.05) is 11.9 Å². The zero-order valence-corrected chi connectivity index (χ0v) is 14.1. The number of rotatable bonds is 6. The van der Waals surface area contributed by atoms with Crippen molar-refractivity contribution in [1.82, 2.24) is 10.2 Å². The summed E-state index contributed by atoms with van der Waals surface area (Å²) in [6.07, 6.45) is 5.83. The van der Waals surface area contributed by atoms with Gasteiger partial charge in [-0.2, -0.15) is 0 Å². The highest BCUT2D eigenvalue weighted by atomic mass is 16.5. The summed E-state index contributed by atoms with van der Waals surface area (Å²) >= 11 is 0. The first-order valence-corrected chi connectivity index (χ1v) is 8.78. The van der Waals surface area contributed by atoms with Crippen molar-refractivity contribution in [2.75, 3.05) is 33.4 Å². The first kappa shape index (κ1) is 16.3. The topological polar surface area (TPSA) is 41.6 Å². The van der Waals surface area contributed by atoms with E-state index < -0.39 is 0 Å². The molecule has 2 fully saturated rings. The summed E-state index contributed by atoms with van der Waals surface area (Å²) in [4.78, 5) is 14.2. The molecule has 4 heteroatoms. The van der Waals surface area contributed by atoms with E-state index >= 15 is 0 Å². The molecule has 1 aliphatic carbocycles. The van der Waals surface area contributed by atoms with Crippen LogP contribution in [0.1, 0.15) is 31.2 Å². The number of urea groups is 1. The summed E-state index contributed by atoms with van der Waals surface area (Å²) < 4.78 is 5.39. The molecule has 4 nitrogen and oxygen atoms in total. The molecule has 0 aromatic heterocycles. The fourth-order valence-corrected chi connectivity index (χ4v) is 3.72. The van der Waals surface area contributed by atoms with Crippen LogP contribution in [-0.4, -0.2) is 44.3 Å². The molecule has 0 unspecified atom stereocenters. The third-order valence-corrected chi connectivity index (χ3v) is 5.35. The molecule has 126 valence electrons. The molecule has 0 radical (unpaired) electrons. The average Bonchev–Trinajstić information content (AvgIpc) is 3.03. The second kappa shape index (κ2) is 7.35. The Kier molecular flexibility index (Phi) is 5.21. The summed E-state index contributed by atoms with van der Waals surface area (Å²) in [6.45, 7) is 3.19. The normalized spacial score (nSPS) is 22.4. The van der Waals surface area contributed by atoms with Gasteiger partial charge in [-0.1, -0.05) is 36.8 Å². The number of carbonyl (C=O) groups excluding carboxylic acids is 1. The van der Waals surface area contributed by atoms with Crippen molar-refractivity contribution in [3.8, 4) is 0 Å². The third kappa shape index (κ3) is 4.25. The lowest BCUT2D eigenvalue weighted by molar-refractivity contribution is 0.125. The van der Waals surface area contributed by atoms with E-state index in [2.05, 4.69) is 35.6 Å². The van der Waals surface area contributed by atoms with Crippen molar-refractivity contribution in [2.45, 2.75) is 32.1 Å². The molecule has 1 aromatic rings. The largest absolute Gasteiger partial charge is 0.381 e. The summed E-state index contributed by atoms with van der Waals surface area (Å²) in [6, 6.07) is 10.7. The van der Waals surface area contributed by atoms with Crippen LogP contribution in [0.3, 0.4) is 0 Å². The van der Waals surface area contributed by atoms with E-state index in [9.17, 15) is 4.79 Å². The summed E-state index contributed by atoms with van der Waals surface area (Å²) in [5.74, 6) is 0.493. The van der Waals surface area contributed by atoms with E-state index in [1.165, 1.54) is 24.8 Å².